The first-order valence-corrected chi connectivity index (χ1v) is 7.82. The molecule has 1 aromatic carbocycles. The largest absolute Gasteiger partial charge is 0.481 e. The van der Waals surface area contributed by atoms with Crippen LogP contribution in [0.2, 0.25) is 0 Å². The Kier molecular flexibility index (Phi) is 5.60. The van der Waals surface area contributed by atoms with E-state index in [9.17, 15) is 0 Å². The molecule has 0 saturated heterocycles. The van der Waals surface area contributed by atoms with Crippen LogP contribution in [-0.4, -0.2) is 11.6 Å². The maximum Gasteiger partial charge on any atom is 0.148 e. The number of benzene rings is 1. The van der Waals surface area contributed by atoms with Crippen molar-refractivity contribution in [3.8, 4) is 18.1 Å². The van der Waals surface area contributed by atoms with Crippen molar-refractivity contribution in [2.75, 3.05) is 6.61 Å². The Morgan fingerprint density at radius 1 is 1.45 bits per heavy atom. The standard InChI is InChI=1S/C15H15BrN2OS/c1-3-6-19-15-5-4-13(16)7-12(15)8-17-9-14-10-20-11(2)18-14/h1,4-5,7,10,17H,6,8-9H2,2H3. The van der Waals surface area contributed by atoms with Crippen molar-refractivity contribution in [3.05, 3.63) is 44.3 Å². The molecule has 1 heterocycles. The van der Waals surface area contributed by atoms with Gasteiger partial charge in [-0.2, -0.15) is 0 Å². The molecule has 20 heavy (non-hydrogen) atoms. The number of aromatic nitrogens is 1. The van der Waals surface area contributed by atoms with Gasteiger partial charge < -0.3 is 10.1 Å². The molecule has 3 nitrogen and oxygen atoms in total. The fourth-order valence-corrected chi connectivity index (χ4v) is 2.78. The number of hydrogen-bond acceptors (Lipinski definition) is 4. The summed E-state index contributed by atoms with van der Waals surface area (Å²) in [6.45, 7) is 3.73. The van der Waals surface area contributed by atoms with Crippen LogP contribution >= 0.6 is 27.3 Å². The first kappa shape index (κ1) is 15.0. The van der Waals surface area contributed by atoms with Crippen LogP contribution in [0.5, 0.6) is 5.75 Å². The number of nitrogens with zero attached hydrogens (tertiary/aromatic N) is 1. The van der Waals surface area contributed by atoms with E-state index in [1.807, 2.05) is 25.1 Å². The molecule has 5 heteroatoms. The SMILES string of the molecule is C#CCOc1ccc(Br)cc1CNCc1csc(C)n1. The molecular formula is C15H15BrN2OS. The van der Waals surface area contributed by atoms with Gasteiger partial charge >= 0.3 is 0 Å². The van der Waals surface area contributed by atoms with Gasteiger partial charge in [0, 0.05) is 28.5 Å². The summed E-state index contributed by atoms with van der Waals surface area (Å²) < 4.78 is 6.56. The van der Waals surface area contributed by atoms with Crippen molar-refractivity contribution in [2.24, 2.45) is 0 Å². The van der Waals surface area contributed by atoms with Gasteiger partial charge in [-0.15, -0.1) is 17.8 Å². The Hall–Kier alpha value is -1.35. The van der Waals surface area contributed by atoms with E-state index in [2.05, 4.69) is 37.5 Å². The number of nitrogens with one attached hydrogen (secondary N) is 1. The Morgan fingerprint density at radius 2 is 2.30 bits per heavy atom. The maximum atomic E-state index is 5.54. The average Bonchev–Trinajstić information content (AvgIpc) is 2.84. The number of hydrogen-bond donors (Lipinski definition) is 1. The minimum Gasteiger partial charge on any atom is -0.481 e. The summed E-state index contributed by atoms with van der Waals surface area (Å²) in [4.78, 5) is 4.42. The lowest BCUT2D eigenvalue weighted by Crippen LogP contribution is -2.14. The van der Waals surface area contributed by atoms with Gasteiger partial charge in [0.1, 0.15) is 12.4 Å². The second kappa shape index (κ2) is 7.44. The van der Waals surface area contributed by atoms with Gasteiger partial charge in [0.05, 0.1) is 10.7 Å². The van der Waals surface area contributed by atoms with Gasteiger partial charge in [-0.3, -0.25) is 0 Å². The van der Waals surface area contributed by atoms with Gasteiger partial charge in [0.2, 0.25) is 0 Å². The van der Waals surface area contributed by atoms with E-state index in [4.69, 9.17) is 11.2 Å². The molecule has 0 unspecified atom stereocenters. The van der Waals surface area contributed by atoms with Gasteiger partial charge in [-0.25, -0.2) is 4.98 Å². The minimum atomic E-state index is 0.278. The lowest BCUT2D eigenvalue weighted by atomic mass is 10.2. The minimum absolute atomic E-state index is 0.278. The zero-order valence-electron chi connectivity index (χ0n) is 11.1. The second-order valence-corrected chi connectivity index (χ2v) is 6.18. The molecule has 0 radical (unpaired) electrons. The summed E-state index contributed by atoms with van der Waals surface area (Å²) in [5, 5.41) is 6.52. The number of ether oxygens (including phenoxy) is 1. The molecule has 0 spiro atoms. The van der Waals surface area contributed by atoms with Crippen LogP contribution in [0, 0.1) is 19.3 Å². The van der Waals surface area contributed by atoms with E-state index in [0.717, 1.165) is 33.0 Å². The molecule has 1 N–H and O–H groups in total. The fourth-order valence-electron chi connectivity index (χ4n) is 1.76. The van der Waals surface area contributed by atoms with Crippen molar-refractivity contribution < 1.29 is 4.74 Å². The van der Waals surface area contributed by atoms with Gasteiger partial charge in [0.15, 0.2) is 0 Å². The fraction of sp³-hybridized carbons (Fsp3) is 0.267. The monoisotopic (exact) mass is 350 g/mol. The predicted octanol–water partition coefficient (Wildman–Crippen LogP) is 3.52. The van der Waals surface area contributed by atoms with Crippen LogP contribution in [0.25, 0.3) is 0 Å². The quantitative estimate of drug-likeness (QED) is 0.809. The van der Waals surface area contributed by atoms with E-state index in [-0.39, 0.29) is 6.61 Å². The van der Waals surface area contributed by atoms with Crippen LogP contribution < -0.4 is 10.1 Å². The van der Waals surface area contributed by atoms with Crippen molar-refractivity contribution in [1.82, 2.24) is 10.3 Å². The zero-order valence-corrected chi connectivity index (χ0v) is 13.6. The van der Waals surface area contributed by atoms with Crippen LogP contribution in [0.3, 0.4) is 0 Å². The van der Waals surface area contributed by atoms with Crippen LogP contribution in [0.15, 0.2) is 28.1 Å². The maximum absolute atomic E-state index is 5.54. The molecule has 0 bridgehead atoms. The number of aryl methyl sites for hydroxylation is 1. The first-order valence-electron chi connectivity index (χ1n) is 6.15. The van der Waals surface area contributed by atoms with Gasteiger partial charge in [0.25, 0.3) is 0 Å². The summed E-state index contributed by atoms with van der Waals surface area (Å²) in [7, 11) is 0. The molecule has 2 aromatic rings. The Morgan fingerprint density at radius 3 is 3.00 bits per heavy atom. The molecular weight excluding hydrogens is 336 g/mol. The Labute approximate surface area is 131 Å². The normalized spacial score (nSPS) is 10.2. The summed E-state index contributed by atoms with van der Waals surface area (Å²) in [6.07, 6.45) is 5.23. The highest BCUT2D eigenvalue weighted by Gasteiger charge is 2.05. The van der Waals surface area contributed by atoms with E-state index in [1.165, 1.54) is 0 Å². The Bertz CT molecular complexity index is 619. The first-order chi connectivity index (χ1) is 9.69. The van der Waals surface area contributed by atoms with E-state index in [0.29, 0.717) is 6.54 Å². The molecule has 0 atom stereocenters. The smallest absolute Gasteiger partial charge is 0.148 e. The van der Waals surface area contributed by atoms with E-state index >= 15 is 0 Å². The lowest BCUT2D eigenvalue weighted by molar-refractivity contribution is 0.364. The van der Waals surface area contributed by atoms with Gasteiger partial charge in [-0.05, 0) is 25.1 Å². The highest BCUT2D eigenvalue weighted by atomic mass is 79.9. The topological polar surface area (TPSA) is 34.1 Å². The van der Waals surface area contributed by atoms with Crippen LogP contribution in [0.1, 0.15) is 16.3 Å². The third-order valence-corrected chi connectivity index (χ3v) is 3.94. The summed E-state index contributed by atoms with van der Waals surface area (Å²) in [6, 6.07) is 5.90. The van der Waals surface area contributed by atoms with Crippen LogP contribution in [0.4, 0.5) is 0 Å². The number of terminal acetylenes is 1. The Balaban J connectivity index is 1.97. The lowest BCUT2D eigenvalue weighted by Gasteiger charge is -2.11. The third kappa shape index (κ3) is 4.34. The van der Waals surface area contributed by atoms with Crippen molar-refractivity contribution in [1.29, 1.82) is 0 Å². The molecule has 0 aliphatic heterocycles. The molecule has 2 rings (SSSR count). The molecule has 0 amide bonds. The van der Waals surface area contributed by atoms with E-state index in [1.54, 1.807) is 11.3 Å². The second-order valence-electron chi connectivity index (χ2n) is 4.21. The molecule has 104 valence electrons. The molecule has 0 aliphatic rings. The van der Waals surface area contributed by atoms with E-state index < -0.39 is 0 Å². The summed E-state index contributed by atoms with van der Waals surface area (Å²) in [5.74, 6) is 3.29. The molecule has 0 saturated carbocycles. The summed E-state index contributed by atoms with van der Waals surface area (Å²) in [5.41, 5.74) is 2.13. The van der Waals surface area contributed by atoms with Gasteiger partial charge in [-0.1, -0.05) is 21.9 Å². The zero-order chi connectivity index (χ0) is 14.4. The van der Waals surface area contributed by atoms with Crippen LogP contribution in [-0.2, 0) is 13.1 Å². The molecule has 1 aromatic heterocycles. The number of halogens is 1. The predicted molar refractivity (Wildman–Crippen MR) is 85.9 cm³/mol. The highest BCUT2D eigenvalue weighted by Crippen LogP contribution is 2.23. The average molecular weight is 351 g/mol. The molecule has 0 fully saturated rings. The van der Waals surface area contributed by atoms with Crippen molar-refractivity contribution >= 4 is 27.3 Å². The third-order valence-electron chi connectivity index (χ3n) is 2.62. The number of thiazole rings is 1. The molecule has 0 aliphatic carbocycles. The highest BCUT2D eigenvalue weighted by molar-refractivity contribution is 9.10. The number of rotatable bonds is 6. The van der Waals surface area contributed by atoms with Crippen molar-refractivity contribution in [2.45, 2.75) is 20.0 Å². The summed E-state index contributed by atoms with van der Waals surface area (Å²) >= 11 is 5.13. The van der Waals surface area contributed by atoms with Crippen molar-refractivity contribution in [3.63, 3.8) is 0 Å².